The van der Waals surface area contributed by atoms with Crippen LogP contribution in [-0.2, 0) is 27.1 Å². The second kappa shape index (κ2) is 25.2. The van der Waals surface area contributed by atoms with Crippen molar-refractivity contribution < 1.29 is 19.8 Å². The summed E-state index contributed by atoms with van der Waals surface area (Å²) in [5.74, 6) is 0. The number of hydrogen-bond donors (Lipinski definition) is 0. The van der Waals surface area contributed by atoms with Crippen LogP contribution in [0.5, 0.6) is 0 Å². The van der Waals surface area contributed by atoms with E-state index in [0.717, 1.165) is 155 Å². The van der Waals surface area contributed by atoms with Crippen LogP contribution in [0.15, 0.2) is 306 Å². The fourth-order valence-electron chi connectivity index (χ4n) is 19.2. The smallest absolute Gasteiger partial charge is 0.252 e. The highest BCUT2D eigenvalue weighted by Crippen LogP contribution is 2.56. The van der Waals surface area contributed by atoms with Gasteiger partial charge < -0.3 is 32.3 Å². The fraction of sp³-hybridized carbons (Fsp3) is 0.182. The molecular formula is C110H94BN5O2. The van der Waals surface area contributed by atoms with Gasteiger partial charge in [0.05, 0.1) is 71.9 Å². The average Bonchev–Trinajstić information content (AvgIpc) is 1.14. The number of benzene rings is 15. The Bertz CT molecular complexity index is 7970. The molecule has 0 saturated carbocycles. The number of rotatable bonds is 7. The second-order valence-corrected chi connectivity index (χ2v) is 38.0. The van der Waals surface area contributed by atoms with Crippen molar-refractivity contribution in [1.29, 1.82) is 0 Å². The van der Waals surface area contributed by atoms with Crippen LogP contribution < -0.4 is 26.2 Å². The fourth-order valence-corrected chi connectivity index (χ4v) is 19.2. The molecule has 0 unspecified atom stereocenters. The molecule has 0 bridgehead atoms. The summed E-state index contributed by atoms with van der Waals surface area (Å²) >= 11 is 0. The average molecular weight is 1540 g/mol. The zero-order valence-electron chi connectivity index (χ0n) is 77.3. The van der Waals surface area contributed by atoms with Crippen LogP contribution in [0.25, 0.3) is 149 Å². The van der Waals surface area contributed by atoms with Crippen molar-refractivity contribution in [3.05, 3.63) is 325 Å². The summed E-state index contributed by atoms with van der Waals surface area (Å²) in [6.45, 7) is 33.6. The van der Waals surface area contributed by atoms with E-state index in [1.54, 1.807) is 4.57 Å². The molecule has 0 radical (unpaired) electrons. The lowest BCUT2D eigenvalue weighted by Gasteiger charge is -2.45. The summed E-state index contributed by atoms with van der Waals surface area (Å²) in [6, 6.07) is 87.6. The quantitative estimate of drug-likeness (QED) is 0.149. The molecular weight excluding hydrogens is 1430 g/mol. The predicted molar refractivity (Wildman–Crippen MR) is 502 cm³/mol. The van der Waals surface area contributed by atoms with E-state index in [2.05, 4.69) is 347 Å². The van der Waals surface area contributed by atoms with Crippen LogP contribution in [0.4, 0.5) is 34.1 Å². The maximum absolute atomic E-state index is 10.0. The van der Waals surface area contributed by atoms with E-state index < -0.39 is 43.0 Å². The third kappa shape index (κ3) is 10.9. The summed E-state index contributed by atoms with van der Waals surface area (Å²) in [6.07, 6.45) is 0. The summed E-state index contributed by atoms with van der Waals surface area (Å²) in [5, 5.41) is 8.12. The van der Waals surface area contributed by atoms with Crippen molar-refractivity contribution in [2.24, 2.45) is 0 Å². The number of hydrogen-bond acceptors (Lipinski definition) is 4. The standard InChI is InChI=1S/C110H94BN5O2/c1-106(2,3)68-31-27-30-66(54-68)76-46-53-100-103(80-35-22-26-39-99(80)117-100)105(76)116-94-62-74(113-89-49-40-69(107(4,5)6)57-81(89)82-58-70(108(7,8)9)41-50-90(82)113)45-48-86(94)111-85-47-44-73(112-87-36-23-19-32-77(87)78-33-20-24-37-88(78)112)61-93(85)115(95-55-67(65-28-17-16-18-29-65)56-101-102(95)79-34-21-25-38-98(79)118-101)96-63-75(64-97(116)104(96)111)114-91-51-42-71(109(10,11)12)59-83(91)84-60-72(110(13,14)15)43-52-92(84)114/h16-64H,1-15H3/i19D,20D,23D,24D,32D,33D,36D,37D. The maximum Gasteiger partial charge on any atom is 0.252 e. The minimum atomic E-state index is -0.608. The zero-order valence-corrected chi connectivity index (χ0v) is 69.3. The molecule has 7 nitrogen and oxygen atoms in total. The molecule has 7 heterocycles. The monoisotopic (exact) mass is 1540 g/mol. The third-order valence-corrected chi connectivity index (χ3v) is 25.4. The van der Waals surface area contributed by atoms with E-state index in [1.165, 1.54) is 27.8 Å². The first kappa shape index (κ1) is 63.2. The summed E-state index contributed by atoms with van der Waals surface area (Å²) in [4.78, 5) is 5.00. The first-order valence-corrected chi connectivity index (χ1v) is 41.3. The van der Waals surface area contributed by atoms with Gasteiger partial charge in [0.15, 0.2) is 0 Å². The molecule has 20 aromatic rings. The predicted octanol–water partition coefficient (Wildman–Crippen LogP) is 28.7. The van der Waals surface area contributed by atoms with Crippen LogP contribution in [0.3, 0.4) is 0 Å². The highest BCUT2D eigenvalue weighted by atomic mass is 16.3. The lowest BCUT2D eigenvalue weighted by Crippen LogP contribution is -2.61. The molecule has 8 heteroatoms. The Kier molecular flexibility index (Phi) is 13.5. The zero-order chi connectivity index (χ0) is 87.7. The van der Waals surface area contributed by atoms with Crippen molar-refractivity contribution in [3.8, 4) is 39.3 Å². The molecule has 0 atom stereocenters. The van der Waals surface area contributed by atoms with Gasteiger partial charge >= 0.3 is 0 Å². The molecule has 15 aromatic carbocycles. The molecule has 0 spiro atoms. The number of anilines is 6. The number of aromatic nitrogens is 3. The van der Waals surface area contributed by atoms with Gasteiger partial charge in [0.1, 0.15) is 22.3 Å². The lowest BCUT2D eigenvalue weighted by molar-refractivity contribution is 0.590. The SMILES string of the molecule is [2H]c1c([2H])c([2H])c2c(c1[2H])c1c([2H])c([2H])c([2H])c([2H])c1n2-c1ccc2c(c1)N(c1cc(-c3ccccc3)cc3oc4ccccc4c13)c1cc(-n3c4ccc(C(C)(C)C)cc4c4cc(C(C)(C)C)ccc43)cc3c1B2c1ccc(-n2c4ccc(C(C)(C)C)cc4c4cc(C(C)(C)C)ccc42)cc1N3c1c(-c2cccc(C(C)(C)C)c2)ccc2oc3ccccc3c12. The first-order chi connectivity index (χ1) is 60.0. The topological polar surface area (TPSA) is 47.6 Å². The molecule has 5 aromatic heterocycles. The third-order valence-electron chi connectivity index (χ3n) is 25.4. The summed E-state index contributed by atoms with van der Waals surface area (Å²) in [7, 11) is 0. The van der Waals surface area contributed by atoms with Gasteiger partial charge in [0.25, 0.3) is 6.71 Å². The highest BCUT2D eigenvalue weighted by Gasteiger charge is 2.46. The molecule has 0 fully saturated rings. The molecule has 0 N–H and O–H groups in total. The van der Waals surface area contributed by atoms with Crippen molar-refractivity contribution in [3.63, 3.8) is 0 Å². The Morgan fingerprint density at radius 1 is 0.271 bits per heavy atom. The Hall–Kier alpha value is -13.0. The minimum absolute atomic E-state index is 0.00989. The Balaban J connectivity index is 0.967. The van der Waals surface area contributed by atoms with Crippen LogP contribution in [0.1, 0.15) is 143 Å². The largest absolute Gasteiger partial charge is 0.456 e. The molecule has 118 heavy (non-hydrogen) atoms. The van der Waals surface area contributed by atoms with Gasteiger partial charge in [0, 0.05) is 82.8 Å². The van der Waals surface area contributed by atoms with Crippen molar-refractivity contribution in [2.75, 3.05) is 9.80 Å². The molecule has 0 aliphatic carbocycles. The van der Waals surface area contributed by atoms with Crippen molar-refractivity contribution in [2.45, 2.75) is 131 Å². The molecule has 574 valence electrons. The normalized spacial score (nSPS) is 14.4. The van der Waals surface area contributed by atoms with Crippen LogP contribution in [-0.4, -0.2) is 20.4 Å². The van der Waals surface area contributed by atoms with Gasteiger partial charge in [-0.05, 0) is 221 Å². The van der Waals surface area contributed by atoms with E-state index in [0.29, 0.717) is 22.5 Å². The number of fused-ring (bicyclic) bond motifs is 19. The van der Waals surface area contributed by atoms with Gasteiger partial charge in [-0.15, -0.1) is 0 Å². The van der Waals surface area contributed by atoms with Crippen molar-refractivity contribution in [1.82, 2.24) is 13.7 Å². The molecule has 2 aliphatic rings. The van der Waals surface area contributed by atoms with Gasteiger partial charge in [-0.2, -0.15) is 0 Å². The van der Waals surface area contributed by atoms with E-state index >= 15 is 0 Å². The van der Waals surface area contributed by atoms with E-state index in [-0.39, 0.29) is 61.0 Å². The number of para-hydroxylation sites is 4. The maximum atomic E-state index is 10.0. The van der Waals surface area contributed by atoms with Crippen molar-refractivity contribution >= 4 is 167 Å². The first-order valence-electron chi connectivity index (χ1n) is 45.3. The lowest BCUT2D eigenvalue weighted by atomic mass is 9.33. The van der Waals surface area contributed by atoms with E-state index in [1.807, 2.05) is 24.3 Å². The molecule has 22 rings (SSSR count). The van der Waals surface area contributed by atoms with Gasteiger partial charge in [0.2, 0.25) is 0 Å². The number of nitrogens with zero attached hydrogens (tertiary/aromatic N) is 5. The Labute approximate surface area is 700 Å². The minimum Gasteiger partial charge on any atom is -0.456 e. The Morgan fingerprint density at radius 3 is 1.21 bits per heavy atom. The van der Waals surface area contributed by atoms with Crippen LogP contribution >= 0.6 is 0 Å². The van der Waals surface area contributed by atoms with Crippen LogP contribution in [0, 0.1) is 0 Å². The molecule has 0 amide bonds. The van der Waals surface area contributed by atoms with Crippen LogP contribution in [0.2, 0.25) is 0 Å². The number of furan rings is 2. The molecule has 0 saturated heterocycles. The summed E-state index contributed by atoms with van der Waals surface area (Å²) in [5.41, 5.74) is 26.0. The highest BCUT2D eigenvalue weighted by molar-refractivity contribution is 7.00. The Morgan fingerprint density at radius 2 is 0.695 bits per heavy atom. The second-order valence-electron chi connectivity index (χ2n) is 38.0. The van der Waals surface area contributed by atoms with Gasteiger partial charge in [-0.1, -0.05) is 268 Å². The van der Waals surface area contributed by atoms with E-state index in [9.17, 15) is 11.0 Å². The van der Waals surface area contributed by atoms with E-state index in [4.69, 9.17) is 8.83 Å². The van der Waals surface area contributed by atoms with Gasteiger partial charge in [-0.3, -0.25) is 0 Å². The molecule has 2 aliphatic heterocycles. The van der Waals surface area contributed by atoms with Gasteiger partial charge in [-0.25, -0.2) is 0 Å². The summed E-state index contributed by atoms with van der Waals surface area (Å²) < 4.78 is 97.9.